The summed E-state index contributed by atoms with van der Waals surface area (Å²) in [6.07, 6.45) is 3.38. The lowest BCUT2D eigenvalue weighted by Crippen LogP contribution is -2.35. The minimum atomic E-state index is -0.336. The first-order chi connectivity index (χ1) is 9.94. The molecule has 0 saturated heterocycles. The van der Waals surface area contributed by atoms with E-state index in [0.717, 1.165) is 11.1 Å². The first-order valence-corrected chi connectivity index (χ1v) is 6.99. The van der Waals surface area contributed by atoms with Crippen molar-refractivity contribution in [3.8, 4) is 5.75 Å². The van der Waals surface area contributed by atoms with Gasteiger partial charge < -0.3 is 10.1 Å². The molecule has 1 aromatic heterocycles. The van der Waals surface area contributed by atoms with Gasteiger partial charge in [0.25, 0.3) is 0 Å². The van der Waals surface area contributed by atoms with E-state index in [1.807, 2.05) is 18.2 Å². The molecule has 112 valence electrons. The summed E-state index contributed by atoms with van der Waals surface area (Å²) in [5, 5.41) is 3.33. The van der Waals surface area contributed by atoms with Gasteiger partial charge in [0.2, 0.25) is 0 Å². The highest BCUT2D eigenvalue weighted by Crippen LogP contribution is 2.20. The highest BCUT2D eigenvalue weighted by Gasteiger charge is 2.10. The van der Waals surface area contributed by atoms with Crippen LogP contribution in [0.3, 0.4) is 0 Å². The van der Waals surface area contributed by atoms with Crippen molar-refractivity contribution < 1.29 is 9.13 Å². The van der Waals surface area contributed by atoms with Crippen molar-refractivity contribution >= 4 is 0 Å². The molecule has 0 aliphatic heterocycles. The summed E-state index contributed by atoms with van der Waals surface area (Å²) in [5.41, 5.74) is 1.87. The molecule has 0 unspecified atom stereocenters. The standard InChI is InChI=1S/C17H21FN2O/c1-17(2,3)20-11-14-4-5-16(15(18)10-14)21-12-13-6-8-19-9-7-13/h4-10,20H,11-12H2,1-3H3. The van der Waals surface area contributed by atoms with E-state index in [1.54, 1.807) is 18.5 Å². The van der Waals surface area contributed by atoms with Crippen molar-refractivity contribution in [1.82, 2.24) is 10.3 Å². The molecular formula is C17H21FN2O. The van der Waals surface area contributed by atoms with E-state index < -0.39 is 0 Å². The van der Waals surface area contributed by atoms with E-state index in [4.69, 9.17) is 4.74 Å². The molecular weight excluding hydrogens is 267 g/mol. The van der Waals surface area contributed by atoms with Crippen molar-refractivity contribution in [3.63, 3.8) is 0 Å². The average Bonchev–Trinajstić information content (AvgIpc) is 2.44. The van der Waals surface area contributed by atoms with E-state index in [-0.39, 0.29) is 17.1 Å². The van der Waals surface area contributed by atoms with Crippen LogP contribution < -0.4 is 10.1 Å². The second-order valence-corrected chi connectivity index (χ2v) is 6.01. The van der Waals surface area contributed by atoms with E-state index in [1.165, 1.54) is 6.07 Å². The summed E-state index contributed by atoms with van der Waals surface area (Å²) in [6, 6.07) is 8.76. The monoisotopic (exact) mass is 288 g/mol. The van der Waals surface area contributed by atoms with Crippen LogP contribution in [0.2, 0.25) is 0 Å². The normalized spacial score (nSPS) is 11.4. The Morgan fingerprint density at radius 1 is 1.10 bits per heavy atom. The summed E-state index contributed by atoms with van der Waals surface area (Å²) in [5.74, 6) is -0.0661. The molecule has 21 heavy (non-hydrogen) atoms. The first kappa shape index (κ1) is 15.4. The van der Waals surface area contributed by atoms with Crippen LogP contribution in [0.15, 0.2) is 42.7 Å². The average molecular weight is 288 g/mol. The highest BCUT2D eigenvalue weighted by atomic mass is 19.1. The Balaban J connectivity index is 1.96. The first-order valence-electron chi connectivity index (χ1n) is 6.99. The molecule has 2 aromatic rings. The topological polar surface area (TPSA) is 34.1 Å². The molecule has 1 heterocycles. The predicted molar refractivity (Wildman–Crippen MR) is 81.6 cm³/mol. The van der Waals surface area contributed by atoms with Crippen LogP contribution in [0.5, 0.6) is 5.75 Å². The maximum absolute atomic E-state index is 14.0. The van der Waals surface area contributed by atoms with E-state index in [0.29, 0.717) is 13.2 Å². The van der Waals surface area contributed by atoms with E-state index in [2.05, 4.69) is 31.1 Å². The molecule has 0 spiro atoms. The van der Waals surface area contributed by atoms with Crippen LogP contribution in [0.25, 0.3) is 0 Å². The highest BCUT2D eigenvalue weighted by molar-refractivity contribution is 5.29. The molecule has 2 rings (SSSR count). The lowest BCUT2D eigenvalue weighted by molar-refractivity contribution is 0.290. The number of rotatable bonds is 5. The molecule has 1 N–H and O–H groups in total. The summed E-state index contributed by atoms with van der Waals surface area (Å²) in [7, 11) is 0. The van der Waals surface area contributed by atoms with Gasteiger partial charge >= 0.3 is 0 Å². The summed E-state index contributed by atoms with van der Waals surface area (Å²) in [4.78, 5) is 3.93. The molecule has 0 saturated carbocycles. The fraction of sp³-hybridized carbons (Fsp3) is 0.353. The number of hydrogen-bond donors (Lipinski definition) is 1. The molecule has 0 aliphatic carbocycles. The molecule has 3 nitrogen and oxygen atoms in total. The van der Waals surface area contributed by atoms with Gasteiger partial charge in [-0.05, 0) is 56.2 Å². The van der Waals surface area contributed by atoms with Crippen LogP contribution in [0.1, 0.15) is 31.9 Å². The molecule has 0 amide bonds. The zero-order valence-corrected chi connectivity index (χ0v) is 12.7. The molecule has 1 aromatic carbocycles. The smallest absolute Gasteiger partial charge is 0.165 e. The summed E-state index contributed by atoms with van der Waals surface area (Å²) < 4.78 is 19.5. The van der Waals surface area contributed by atoms with Crippen LogP contribution in [0.4, 0.5) is 4.39 Å². The zero-order valence-electron chi connectivity index (χ0n) is 12.7. The van der Waals surface area contributed by atoms with Crippen LogP contribution in [-0.2, 0) is 13.2 Å². The largest absolute Gasteiger partial charge is 0.486 e. The number of aromatic nitrogens is 1. The van der Waals surface area contributed by atoms with Crippen LogP contribution in [-0.4, -0.2) is 10.5 Å². The SMILES string of the molecule is CC(C)(C)NCc1ccc(OCc2ccncc2)c(F)c1. The third-order valence-corrected chi connectivity index (χ3v) is 2.96. The summed E-state index contributed by atoms with van der Waals surface area (Å²) >= 11 is 0. The molecule has 0 fully saturated rings. The minimum absolute atomic E-state index is 0.00694. The van der Waals surface area contributed by atoms with Gasteiger partial charge in [-0.2, -0.15) is 0 Å². The molecule has 0 bridgehead atoms. The van der Waals surface area contributed by atoms with Gasteiger partial charge in [0.15, 0.2) is 11.6 Å². The second-order valence-electron chi connectivity index (χ2n) is 6.01. The fourth-order valence-corrected chi connectivity index (χ4v) is 1.78. The Morgan fingerprint density at radius 3 is 2.43 bits per heavy atom. The third-order valence-electron chi connectivity index (χ3n) is 2.96. The number of halogens is 1. The predicted octanol–water partition coefficient (Wildman–Crippen LogP) is 3.69. The Morgan fingerprint density at radius 2 is 1.81 bits per heavy atom. The third kappa shape index (κ3) is 5.16. The van der Waals surface area contributed by atoms with Gasteiger partial charge in [0.1, 0.15) is 6.61 Å². The van der Waals surface area contributed by atoms with Crippen molar-refractivity contribution in [2.75, 3.05) is 0 Å². The second kappa shape index (κ2) is 6.68. The minimum Gasteiger partial charge on any atom is -0.486 e. The summed E-state index contributed by atoms with van der Waals surface area (Å²) in [6.45, 7) is 7.20. The zero-order chi connectivity index (χ0) is 15.3. The lowest BCUT2D eigenvalue weighted by Gasteiger charge is -2.20. The lowest BCUT2D eigenvalue weighted by atomic mass is 10.1. The van der Waals surface area contributed by atoms with Crippen LogP contribution in [0, 0.1) is 5.82 Å². The number of nitrogens with one attached hydrogen (secondary N) is 1. The van der Waals surface area contributed by atoms with Gasteiger partial charge in [-0.3, -0.25) is 4.98 Å². The Labute approximate surface area is 125 Å². The van der Waals surface area contributed by atoms with Crippen molar-refractivity contribution in [3.05, 3.63) is 59.7 Å². The van der Waals surface area contributed by atoms with Crippen molar-refractivity contribution in [2.24, 2.45) is 0 Å². The van der Waals surface area contributed by atoms with E-state index in [9.17, 15) is 4.39 Å². The fourth-order valence-electron chi connectivity index (χ4n) is 1.78. The number of pyridine rings is 1. The van der Waals surface area contributed by atoms with Crippen molar-refractivity contribution in [1.29, 1.82) is 0 Å². The van der Waals surface area contributed by atoms with Crippen molar-refractivity contribution in [2.45, 2.75) is 39.5 Å². The number of benzene rings is 1. The number of ether oxygens (including phenoxy) is 1. The maximum Gasteiger partial charge on any atom is 0.165 e. The van der Waals surface area contributed by atoms with Gasteiger partial charge in [0, 0.05) is 24.5 Å². The number of hydrogen-bond acceptors (Lipinski definition) is 3. The molecule has 0 atom stereocenters. The Bertz CT molecular complexity index is 579. The van der Waals surface area contributed by atoms with E-state index >= 15 is 0 Å². The Hall–Kier alpha value is -1.94. The maximum atomic E-state index is 14.0. The quantitative estimate of drug-likeness (QED) is 0.911. The van der Waals surface area contributed by atoms with Gasteiger partial charge in [0.05, 0.1) is 0 Å². The molecule has 4 heteroatoms. The Kier molecular flexibility index (Phi) is 4.91. The van der Waals surface area contributed by atoms with Crippen LogP contribution >= 0.6 is 0 Å². The number of nitrogens with zero attached hydrogens (tertiary/aromatic N) is 1. The molecule has 0 aliphatic rings. The molecule has 0 radical (unpaired) electrons. The van der Waals surface area contributed by atoms with Gasteiger partial charge in [-0.15, -0.1) is 0 Å². The van der Waals surface area contributed by atoms with Gasteiger partial charge in [-0.25, -0.2) is 4.39 Å². The van der Waals surface area contributed by atoms with Gasteiger partial charge in [-0.1, -0.05) is 6.07 Å².